The van der Waals surface area contributed by atoms with Crippen LogP contribution in [0.3, 0.4) is 0 Å². The average molecular weight is 423 g/mol. The second kappa shape index (κ2) is 7.16. The van der Waals surface area contributed by atoms with Crippen molar-refractivity contribution in [3.05, 3.63) is 93.3 Å². The van der Waals surface area contributed by atoms with E-state index in [0.717, 1.165) is 16.8 Å². The van der Waals surface area contributed by atoms with Crippen LogP contribution in [0.5, 0.6) is 0 Å². The van der Waals surface area contributed by atoms with E-state index in [1.807, 2.05) is 0 Å². The van der Waals surface area contributed by atoms with Gasteiger partial charge in [-0.25, -0.2) is 5.01 Å². The quantitative estimate of drug-likeness (QED) is 0.547. The number of aryl methyl sites for hydroxylation is 2. The molecule has 136 valence electrons. The van der Waals surface area contributed by atoms with Gasteiger partial charge in [-0.1, -0.05) is 59.7 Å². The van der Waals surface area contributed by atoms with Crippen LogP contribution in [-0.4, -0.2) is 16.6 Å². The molecular weight excluding hydrogens is 404 g/mol. The molecule has 1 amide bonds. The molecule has 2 aromatic carbocycles. The van der Waals surface area contributed by atoms with Gasteiger partial charge < -0.3 is 4.42 Å². The Morgan fingerprint density at radius 1 is 1.00 bits per heavy atom. The van der Waals surface area contributed by atoms with Crippen LogP contribution in [-0.2, 0) is 0 Å². The van der Waals surface area contributed by atoms with Crippen molar-refractivity contribution in [1.29, 1.82) is 0 Å². The Morgan fingerprint density at radius 3 is 2.22 bits per heavy atom. The lowest BCUT2D eigenvalue weighted by Crippen LogP contribution is -2.26. The van der Waals surface area contributed by atoms with Crippen molar-refractivity contribution >= 4 is 27.5 Å². The second-order valence-corrected chi connectivity index (χ2v) is 7.58. The highest BCUT2D eigenvalue weighted by Crippen LogP contribution is 2.34. The predicted molar refractivity (Wildman–Crippen MR) is 109 cm³/mol. The maximum Gasteiger partial charge on any atom is 0.310 e. The summed E-state index contributed by atoms with van der Waals surface area (Å²) in [5, 5.41) is 6.23. The summed E-state index contributed by atoms with van der Waals surface area (Å²) in [5.41, 5.74) is 5.38. The van der Waals surface area contributed by atoms with Crippen LogP contribution in [0.25, 0.3) is 0 Å². The van der Waals surface area contributed by atoms with Crippen molar-refractivity contribution in [2.45, 2.75) is 26.3 Å². The summed E-state index contributed by atoms with van der Waals surface area (Å²) in [7, 11) is 0. The van der Waals surface area contributed by atoms with E-state index in [1.54, 1.807) is 17.1 Å². The molecule has 1 aliphatic heterocycles. The molecule has 0 bridgehead atoms. The summed E-state index contributed by atoms with van der Waals surface area (Å²) in [6.45, 7) is 4.11. The van der Waals surface area contributed by atoms with Crippen LogP contribution in [0.4, 0.5) is 0 Å². The molecule has 0 aliphatic carbocycles. The Kier molecular flexibility index (Phi) is 4.70. The van der Waals surface area contributed by atoms with E-state index in [2.05, 4.69) is 83.4 Å². The number of hydrazone groups is 1. The summed E-state index contributed by atoms with van der Waals surface area (Å²) >= 11 is 3.26. The Balaban J connectivity index is 1.72. The van der Waals surface area contributed by atoms with Gasteiger partial charge in [-0.15, -0.1) is 0 Å². The van der Waals surface area contributed by atoms with Gasteiger partial charge in [-0.05, 0) is 53.0 Å². The first-order valence-corrected chi connectivity index (χ1v) is 9.60. The average Bonchev–Trinajstić information content (AvgIpc) is 3.29. The largest absolute Gasteiger partial charge is 0.444 e. The van der Waals surface area contributed by atoms with Gasteiger partial charge in [0.15, 0.2) is 10.4 Å². The van der Waals surface area contributed by atoms with Crippen molar-refractivity contribution < 1.29 is 9.21 Å². The van der Waals surface area contributed by atoms with Gasteiger partial charge in [0.1, 0.15) is 0 Å². The fourth-order valence-electron chi connectivity index (χ4n) is 3.21. The molecule has 0 fully saturated rings. The van der Waals surface area contributed by atoms with Crippen LogP contribution >= 0.6 is 15.9 Å². The van der Waals surface area contributed by atoms with Crippen molar-refractivity contribution in [1.82, 2.24) is 5.01 Å². The van der Waals surface area contributed by atoms with E-state index in [9.17, 15) is 4.79 Å². The monoisotopic (exact) mass is 422 g/mol. The molecule has 1 aromatic heterocycles. The maximum atomic E-state index is 13.0. The Hall–Kier alpha value is -2.66. The second-order valence-electron chi connectivity index (χ2n) is 6.80. The minimum absolute atomic E-state index is 0.154. The molecule has 1 aliphatic rings. The lowest BCUT2D eigenvalue weighted by molar-refractivity contribution is 0.0677. The highest BCUT2D eigenvalue weighted by Gasteiger charge is 2.34. The lowest BCUT2D eigenvalue weighted by atomic mass is 9.97. The van der Waals surface area contributed by atoms with Crippen molar-refractivity contribution in [3.8, 4) is 0 Å². The van der Waals surface area contributed by atoms with Crippen LogP contribution in [0, 0.1) is 13.8 Å². The van der Waals surface area contributed by atoms with Crippen molar-refractivity contribution in [2.75, 3.05) is 0 Å². The SMILES string of the molecule is Cc1ccc(C2=NN(C(=O)c3ccc(Br)o3)[C@H](c3ccc(C)cc3)C2)cc1. The highest BCUT2D eigenvalue weighted by molar-refractivity contribution is 9.10. The van der Waals surface area contributed by atoms with Crippen molar-refractivity contribution in [2.24, 2.45) is 5.10 Å². The lowest BCUT2D eigenvalue weighted by Gasteiger charge is -2.21. The molecule has 5 heteroatoms. The van der Waals surface area contributed by atoms with E-state index in [0.29, 0.717) is 11.1 Å². The first-order valence-electron chi connectivity index (χ1n) is 8.81. The fraction of sp³-hybridized carbons (Fsp3) is 0.182. The van der Waals surface area contributed by atoms with E-state index < -0.39 is 0 Å². The number of carbonyl (C=O) groups is 1. The highest BCUT2D eigenvalue weighted by atomic mass is 79.9. The third-order valence-electron chi connectivity index (χ3n) is 4.75. The fourth-order valence-corrected chi connectivity index (χ4v) is 3.52. The van der Waals surface area contributed by atoms with Gasteiger partial charge in [-0.3, -0.25) is 4.79 Å². The van der Waals surface area contributed by atoms with E-state index >= 15 is 0 Å². The Bertz CT molecular complexity index is 1000. The standard InChI is InChI=1S/C22H19BrN2O2/c1-14-3-7-16(8-4-14)18-13-19(17-9-5-15(2)6-10-17)25(24-18)22(26)20-11-12-21(23)27-20/h3-12,19H,13H2,1-2H3/t19-/m0/s1. The van der Waals surface area contributed by atoms with E-state index in [-0.39, 0.29) is 17.7 Å². The van der Waals surface area contributed by atoms with Gasteiger partial charge in [0.25, 0.3) is 0 Å². The van der Waals surface area contributed by atoms with Crippen LogP contribution in [0.1, 0.15) is 45.3 Å². The minimum atomic E-state index is -0.242. The number of amides is 1. The zero-order valence-electron chi connectivity index (χ0n) is 15.1. The number of hydrogen-bond donors (Lipinski definition) is 0. The van der Waals surface area contributed by atoms with E-state index in [4.69, 9.17) is 4.42 Å². The number of rotatable bonds is 3. The summed E-state index contributed by atoms with van der Waals surface area (Å²) < 4.78 is 6.00. The van der Waals surface area contributed by atoms with E-state index in [1.165, 1.54) is 11.1 Å². The zero-order chi connectivity index (χ0) is 19.0. The first kappa shape index (κ1) is 17.7. The Morgan fingerprint density at radius 2 is 1.63 bits per heavy atom. The normalized spacial score (nSPS) is 16.5. The summed E-state index contributed by atoms with van der Waals surface area (Å²) in [6.07, 6.45) is 0.666. The zero-order valence-corrected chi connectivity index (χ0v) is 16.7. The number of furan rings is 1. The Labute approximate surface area is 166 Å². The van der Waals surface area contributed by atoms with Crippen LogP contribution in [0.15, 0.2) is 74.9 Å². The minimum Gasteiger partial charge on any atom is -0.444 e. The third-order valence-corrected chi connectivity index (χ3v) is 5.18. The van der Waals surface area contributed by atoms with Crippen LogP contribution < -0.4 is 0 Å². The van der Waals surface area contributed by atoms with Gasteiger partial charge in [0.2, 0.25) is 0 Å². The molecule has 1 atom stereocenters. The molecule has 4 rings (SSSR count). The maximum absolute atomic E-state index is 13.0. The van der Waals surface area contributed by atoms with Crippen molar-refractivity contribution in [3.63, 3.8) is 0 Å². The molecule has 0 N–H and O–H groups in total. The molecule has 4 nitrogen and oxygen atoms in total. The number of carbonyl (C=O) groups excluding carboxylic acids is 1. The third kappa shape index (κ3) is 3.60. The van der Waals surface area contributed by atoms with Gasteiger partial charge >= 0.3 is 5.91 Å². The summed E-state index contributed by atoms with van der Waals surface area (Å²) in [4.78, 5) is 13.0. The van der Waals surface area contributed by atoms with Crippen LogP contribution in [0.2, 0.25) is 0 Å². The molecule has 0 saturated carbocycles. The summed E-state index contributed by atoms with van der Waals surface area (Å²) in [6, 6.07) is 19.7. The number of nitrogens with zero attached hydrogens (tertiary/aromatic N) is 2. The molecule has 0 unspecified atom stereocenters. The summed E-state index contributed by atoms with van der Waals surface area (Å²) in [5.74, 6) is 0.0290. The van der Waals surface area contributed by atoms with Gasteiger partial charge in [0.05, 0.1) is 11.8 Å². The molecule has 0 spiro atoms. The number of hydrogen-bond acceptors (Lipinski definition) is 3. The van der Waals surface area contributed by atoms with Gasteiger partial charge in [-0.2, -0.15) is 5.10 Å². The molecule has 0 saturated heterocycles. The number of halogens is 1. The first-order chi connectivity index (χ1) is 13.0. The smallest absolute Gasteiger partial charge is 0.310 e. The number of benzene rings is 2. The molecule has 2 heterocycles. The predicted octanol–water partition coefficient (Wildman–Crippen LogP) is 5.65. The molecule has 27 heavy (non-hydrogen) atoms. The molecule has 0 radical (unpaired) electrons. The molecular formula is C22H19BrN2O2. The molecule has 3 aromatic rings. The topological polar surface area (TPSA) is 45.8 Å². The van der Waals surface area contributed by atoms with Gasteiger partial charge in [0, 0.05) is 6.42 Å².